The summed E-state index contributed by atoms with van der Waals surface area (Å²) in [6.45, 7) is 9.01. The first-order valence-corrected chi connectivity index (χ1v) is 7.92. The molecule has 1 unspecified atom stereocenters. The fourth-order valence-corrected chi connectivity index (χ4v) is 2.80. The van der Waals surface area contributed by atoms with E-state index in [1.807, 2.05) is 18.7 Å². The van der Waals surface area contributed by atoms with Gasteiger partial charge in [0.15, 0.2) is 5.69 Å². The van der Waals surface area contributed by atoms with Crippen molar-refractivity contribution in [3.05, 3.63) is 11.4 Å². The molecule has 1 aliphatic heterocycles. The maximum Gasteiger partial charge on any atom is 0.276 e. The minimum Gasteiger partial charge on any atom is -0.340 e. The molecule has 2 rings (SSSR count). The van der Waals surface area contributed by atoms with Gasteiger partial charge in [-0.1, -0.05) is 25.5 Å². The van der Waals surface area contributed by atoms with E-state index in [4.69, 9.17) is 0 Å². The van der Waals surface area contributed by atoms with Crippen LogP contribution >= 0.6 is 12.4 Å². The van der Waals surface area contributed by atoms with Crippen LogP contribution in [0.3, 0.4) is 0 Å². The summed E-state index contributed by atoms with van der Waals surface area (Å²) in [6, 6.07) is 0.361. The smallest absolute Gasteiger partial charge is 0.276 e. The summed E-state index contributed by atoms with van der Waals surface area (Å²) in [5.74, 6) is 0.478. The van der Waals surface area contributed by atoms with Gasteiger partial charge in [-0.15, -0.1) is 17.5 Å². The van der Waals surface area contributed by atoms with Crippen molar-refractivity contribution in [2.75, 3.05) is 26.7 Å². The molecule has 0 radical (unpaired) electrons. The van der Waals surface area contributed by atoms with Crippen molar-refractivity contribution in [2.24, 2.45) is 5.92 Å². The zero-order valence-corrected chi connectivity index (χ0v) is 14.8. The van der Waals surface area contributed by atoms with E-state index >= 15 is 0 Å². The van der Waals surface area contributed by atoms with E-state index in [2.05, 4.69) is 29.5 Å². The Kier molecular flexibility index (Phi) is 7.29. The number of carbonyl (C=O) groups excluding carboxylic acids is 1. The lowest BCUT2D eigenvalue weighted by atomic mass is 10.1. The number of carbonyl (C=O) groups is 1. The Balaban J connectivity index is 0.00000242. The summed E-state index contributed by atoms with van der Waals surface area (Å²) in [6.07, 6.45) is 3.15. The molecular formula is C15H28ClN5O. The van der Waals surface area contributed by atoms with Gasteiger partial charge in [-0.2, -0.15) is 0 Å². The molecule has 1 aromatic rings. The zero-order valence-electron chi connectivity index (χ0n) is 14.0. The molecule has 0 aromatic carbocycles. The first-order valence-electron chi connectivity index (χ1n) is 7.92. The van der Waals surface area contributed by atoms with Crippen LogP contribution in [-0.4, -0.2) is 52.5 Å². The molecule has 1 amide bonds. The molecule has 1 aromatic heterocycles. The number of amides is 1. The summed E-state index contributed by atoms with van der Waals surface area (Å²) in [7, 11) is 1.84. The molecule has 22 heavy (non-hydrogen) atoms. The van der Waals surface area contributed by atoms with Crippen molar-refractivity contribution in [2.45, 2.75) is 46.1 Å². The van der Waals surface area contributed by atoms with Gasteiger partial charge in [0.2, 0.25) is 0 Å². The lowest BCUT2D eigenvalue weighted by Gasteiger charge is -2.24. The van der Waals surface area contributed by atoms with E-state index in [1.165, 1.54) is 0 Å². The molecule has 1 aliphatic rings. The second kappa shape index (κ2) is 8.48. The lowest BCUT2D eigenvalue weighted by molar-refractivity contribution is 0.0768. The third-order valence-electron chi connectivity index (χ3n) is 4.41. The van der Waals surface area contributed by atoms with Gasteiger partial charge in [-0.05, 0) is 38.8 Å². The van der Waals surface area contributed by atoms with E-state index in [0.717, 1.165) is 44.6 Å². The topological polar surface area (TPSA) is 63.1 Å². The Hall–Kier alpha value is -1.14. The van der Waals surface area contributed by atoms with Crippen molar-refractivity contribution >= 4 is 18.3 Å². The van der Waals surface area contributed by atoms with Crippen LogP contribution in [0.4, 0.5) is 0 Å². The van der Waals surface area contributed by atoms with Gasteiger partial charge >= 0.3 is 0 Å². The van der Waals surface area contributed by atoms with E-state index in [-0.39, 0.29) is 18.3 Å². The number of aromatic nitrogens is 3. The van der Waals surface area contributed by atoms with Gasteiger partial charge in [0, 0.05) is 13.6 Å². The highest BCUT2D eigenvalue weighted by Gasteiger charge is 2.24. The van der Waals surface area contributed by atoms with Crippen LogP contribution in [0.1, 0.15) is 55.3 Å². The largest absolute Gasteiger partial charge is 0.340 e. The van der Waals surface area contributed by atoms with E-state index < -0.39 is 0 Å². The van der Waals surface area contributed by atoms with Gasteiger partial charge in [0.05, 0.1) is 11.7 Å². The molecule has 0 spiro atoms. The standard InChI is InChI=1S/C15H27N5O.ClH/c1-5-11(2)10-19(4)15(21)14-12(3)20(18-17-14)13-6-8-16-9-7-13;/h11,13,16H,5-10H2,1-4H3;1H. The number of nitrogens with one attached hydrogen (secondary N) is 1. The third-order valence-corrected chi connectivity index (χ3v) is 4.41. The van der Waals surface area contributed by atoms with Crippen molar-refractivity contribution < 1.29 is 4.79 Å². The summed E-state index contributed by atoms with van der Waals surface area (Å²) >= 11 is 0. The Bertz CT molecular complexity index is 484. The lowest BCUT2D eigenvalue weighted by Crippen LogP contribution is -2.32. The summed E-state index contributed by atoms with van der Waals surface area (Å²) in [5, 5.41) is 11.7. The van der Waals surface area contributed by atoms with Gasteiger partial charge in [0.1, 0.15) is 0 Å². The van der Waals surface area contributed by atoms with Gasteiger partial charge in [-0.25, -0.2) is 4.68 Å². The second-order valence-corrected chi connectivity index (χ2v) is 6.15. The molecule has 1 fully saturated rings. The molecule has 126 valence electrons. The normalized spacial score (nSPS) is 16.9. The Morgan fingerprint density at radius 3 is 2.68 bits per heavy atom. The highest BCUT2D eigenvalue weighted by molar-refractivity contribution is 5.93. The third kappa shape index (κ3) is 4.20. The predicted molar refractivity (Wildman–Crippen MR) is 89.6 cm³/mol. The van der Waals surface area contributed by atoms with Crippen LogP contribution in [0.25, 0.3) is 0 Å². The van der Waals surface area contributed by atoms with Gasteiger partial charge in [-0.3, -0.25) is 4.79 Å². The quantitative estimate of drug-likeness (QED) is 0.898. The summed E-state index contributed by atoms with van der Waals surface area (Å²) < 4.78 is 1.94. The minimum atomic E-state index is -0.0204. The Morgan fingerprint density at radius 1 is 1.45 bits per heavy atom. The Morgan fingerprint density at radius 2 is 2.09 bits per heavy atom. The molecule has 0 saturated carbocycles. The summed E-state index contributed by atoms with van der Waals surface area (Å²) in [5.41, 5.74) is 1.39. The first-order chi connectivity index (χ1) is 10.0. The van der Waals surface area contributed by atoms with Crippen LogP contribution in [-0.2, 0) is 0 Å². The average Bonchev–Trinajstić information content (AvgIpc) is 2.88. The second-order valence-electron chi connectivity index (χ2n) is 6.15. The zero-order chi connectivity index (χ0) is 15.4. The molecule has 2 heterocycles. The number of hydrogen-bond donors (Lipinski definition) is 1. The van der Waals surface area contributed by atoms with E-state index in [0.29, 0.717) is 17.7 Å². The molecule has 7 heteroatoms. The summed E-state index contributed by atoms with van der Waals surface area (Å²) in [4.78, 5) is 14.3. The Labute approximate surface area is 139 Å². The number of rotatable bonds is 5. The molecule has 0 aliphatic carbocycles. The van der Waals surface area contributed by atoms with Crippen molar-refractivity contribution in [1.29, 1.82) is 0 Å². The van der Waals surface area contributed by atoms with Crippen LogP contribution in [0, 0.1) is 12.8 Å². The van der Waals surface area contributed by atoms with Crippen LogP contribution in [0.5, 0.6) is 0 Å². The molecule has 1 saturated heterocycles. The molecule has 6 nitrogen and oxygen atoms in total. The fourth-order valence-electron chi connectivity index (χ4n) is 2.80. The van der Waals surface area contributed by atoms with Crippen molar-refractivity contribution in [1.82, 2.24) is 25.2 Å². The maximum atomic E-state index is 12.5. The minimum absolute atomic E-state index is 0. The predicted octanol–water partition coefficient (Wildman–Crippen LogP) is 2.05. The highest BCUT2D eigenvalue weighted by atomic mass is 35.5. The molecule has 1 atom stereocenters. The van der Waals surface area contributed by atoms with Gasteiger partial charge in [0.25, 0.3) is 5.91 Å². The maximum absolute atomic E-state index is 12.5. The number of halogens is 1. The van der Waals surface area contributed by atoms with Crippen LogP contribution in [0.15, 0.2) is 0 Å². The molecule has 1 N–H and O–H groups in total. The van der Waals surface area contributed by atoms with Crippen molar-refractivity contribution in [3.8, 4) is 0 Å². The number of nitrogens with zero attached hydrogens (tertiary/aromatic N) is 4. The number of hydrogen-bond acceptors (Lipinski definition) is 4. The molecule has 0 bridgehead atoms. The van der Waals surface area contributed by atoms with Crippen molar-refractivity contribution in [3.63, 3.8) is 0 Å². The van der Waals surface area contributed by atoms with Gasteiger partial charge < -0.3 is 10.2 Å². The van der Waals surface area contributed by atoms with Crippen LogP contribution in [0.2, 0.25) is 0 Å². The SMILES string of the molecule is CCC(C)CN(C)C(=O)c1nnn(C2CCNCC2)c1C.Cl. The van der Waals surface area contributed by atoms with E-state index in [1.54, 1.807) is 4.90 Å². The number of piperidine rings is 1. The fraction of sp³-hybridized carbons (Fsp3) is 0.800. The first kappa shape index (κ1) is 18.9. The monoisotopic (exact) mass is 329 g/mol. The average molecular weight is 330 g/mol. The molecular weight excluding hydrogens is 302 g/mol. The van der Waals surface area contributed by atoms with Crippen LogP contribution < -0.4 is 5.32 Å². The van der Waals surface area contributed by atoms with E-state index in [9.17, 15) is 4.79 Å². The highest BCUT2D eigenvalue weighted by Crippen LogP contribution is 2.21.